The van der Waals surface area contributed by atoms with Crippen molar-refractivity contribution >= 4 is 64.7 Å². The van der Waals surface area contributed by atoms with Gasteiger partial charge in [-0.3, -0.25) is 9.59 Å². The maximum Gasteiger partial charge on any atom is 0.309 e. The van der Waals surface area contributed by atoms with E-state index in [2.05, 4.69) is 40.7 Å². The molecule has 4 aliphatic carbocycles. The molecule has 2 saturated carbocycles. The fourth-order valence-corrected chi connectivity index (χ4v) is 15.2. The minimum Gasteiger partial charge on any atom is -0.473 e. The molecule has 6 atom stereocenters. The van der Waals surface area contributed by atoms with Crippen molar-refractivity contribution in [3.05, 3.63) is 146 Å². The van der Waals surface area contributed by atoms with E-state index in [0.29, 0.717) is 66.0 Å². The van der Waals surface area contributed by atoms with E-state index in [-0.39, 0.29) is 77.7 Å². The Labute approximate surface area is 521 Å². The molecule has 18 nitrogen and oxygen atoms in total. The first kappa shape index (κ1) is 62.9. The molecule has 2 aromatic carbocycles. The molecule has 0 bridgehead atoms. The highest BCUT2D eigenvalue weighted by Gasteiger charge is 2.61. The maximum atomic E-state index is 14.7. The third kappa shape index (κ3) is 13.6. The molecule has 3 aliphatic heterocycles. The molecule has 3 saturated heterocycles. The summed E-state index contributed by atoms with van der Waals surface area (Å²) in [5.74, 6) is 4.17. The predicted molar refractivity (Wildman–Crippen MR) is 332 cm³/mol. The number of halogens is 3. The minimum absolute atomic E-state index is 0.0182. The normalized spacial score (nSPS) is 22.5. The number of benzene rings is 2. The molecule has 7 aliphatic rings. The van der Waals surface area contributed by atoms with Crippen LogP contribution in [0.1, 0.15) is 98.1 Å². The number of nitrogens with zero attached hydrogens (tertiary/aromatic N) is 7. The number of anilines is 3. The van der Waals surface area contributed by atoms with Gasteiger partial charge in [0.05, 0.1) is 35.4 Å². The quantitative estimate of drug-likeness (QED) is 0.0778. The summed E-state index contributed by atoms with van der Waals surface area (Å²) in [6, 6.07) is 21.2. The van der Waals surface area contributed by atoms with Crippen molar-refractivity contribution in [1.29, 1.82) is 0 Å². The fraction of sp³-hybridized carbons (Fsp3) is 0.477. The first-order valence-corrected chi connectivity index (χ1v) is 34.6. The van der Waals surface area contributed by atoms with Crippen molar-refractivity contribution in [2.75, 3.05) is 71.8 Å². The van der Waals surface area contributed by atoms with Crippen LogP contribution >= 0.6 is 15.9 Å². The smallest absolute Gasteiger partial charge is 0.309 e. The van der Waals surface area contributed by atoms with Gasteiger partial charge in [0.2, 0.25) is 11.8 Å². The van der Waals surface area contributed by atoms with E-state index in [1.54, 1.807) is 37.4 Å². The number of fused-ring (bicyclic) bond motifs is 6. The molecule has 0 N–H and O–H groups in total. The summed E-state index contributed by atoms with van der Waals surface area (Å²) in [6.07, 6.45) is 7.81. The molecule has 5 fully saturated rings. The van der Waals surface area contributed by atoms with Crippen LogP contribution in [0.15, 0.2) is 89.7 Å². The number of pyridine rings is 4. The Bertz CT molecular complexity index is 3920. The number of carbonyl (C=O) groups is 2. The highest BCUT2D eigenvalue weighted by Crippen LogP contribution is 2.63. The highest BCUT2D eigenvalue weighted by atomic mass is 79.9. The number of hydrogen-bond donors (Lipinski definition) is 0. The summed E-state index contributed by atoms with van der Waals surface area (Å²) in [7, 11) is -5.84. The van der Waals surface area contributed by atoms with Crippen LogP contribution in [0, 0.1) is 61.0 Å². The number of hydrogen-bond acceptors (Lipinski definition) is 18. The number of sulfone groups is 2. The topological polar surface area (TPSA) is 210 Å². The van der Waals surface area contributed by atoms with E-state index in [1.807, 2.05) is 91.1 Å². The summed E-state index contributed by atoms with van der Waals surface area (Å²) in [6.45, 7) is 18.5. The molecular formula is C65H74BrF2N7O11S2. The monoisotopic (exact) mass is 1310 g/mol. The number of aryl methyl sites for hydroxylation is 2. The average Bonchev–Trinajstić information content (AvgIpc) is 1.59. The molecule has 0 spiro atoms. The SMILES string of the molecule is CC(=O)[C@H]1[C@@H]2Cc3cc(OCc4cc(-c5ccc(N6CC(CS(C)(=O)=O)C6)nc5C)ccc4F)ncc3[C@@H]21.CCOC(=O)[C@H]1[C@@H]2Cc3cc(OCc4cc(N5OC(C)(C)C(C)(C)O5)ccc4F)ncc3[C@@H]21.Cc1nc(N2CC(CS(C)(=O)=O)C2)ccc1Br. The van der Waals surface area contributed by atoms with E-state index in [1.165, 1.54) is 35.4 Å². The van der Waals surface area contributed by atoms with Gasteiger partial charge in [0.1, 0.15) is 73.1 Å². The zero-order chi connectivity index (χ0) is 62.9. The van der Waals surface area contributed by atoms with Gasteiger partial charge in [0, 0.05) is 114 Å². The molecule has 4 aromatic heterocycles. The molecule has 7 heterocycles. The van der Waals surface area contributed by atoms with Crippen molar-refractivity contribution in [1.82, 2.24) is 19.9 Å². The molecule has 23 heteroatoms. The largest absolute Gasteiger partial charge is 0.473 e. The Morgan fingerprint density at radius 3 is 1.66 bits per heavy atom. The predicted octanol–water partition coefficient (Wildman–Crippen LogP) is 10.2. The Balaban J connectivity index is 0.000000146. The van der Waals surface area contributed by atoms with E-state index >= 15 is 0 Å². The van der Waals surface area contributed by atoms with E-state index in [9.17, 15) is 35.2 Å². The minimum atomic E-state index is -2.98. The molecular weight excluding hydrogens is 1240 g/mol. The molecule has 88 heavy (non-hydrogen) atoms. The molecule has 468 valence electrons. The number of ether oxygens (including phenoxy) is 3. The maximum absolute atomic E-state index is 14.7. The first-order chi connectivity index (χ1) is 41.5. The van der Waals surface area contributed by atoms with E-state index in [0.717, 1.165) is 81.2 Å². The van der Waals surface area contributed by atoms with Gasteiger partial charge in [-0.25, -0.2) is 55.2 Å². The second-order valence-corrected chi connectivity index (χ2v) is 30.8. The second kappa shape index (κ2) is 24.3. The van der Waals surface area contributed by atoms with Crippen LogP contribution < -0.4 is 24.5 Å². The standard InChI is InChI=1S/C29H30FN3O4S.C25H29FN2O5.C11H15BrN2O2S/c1-16-22(5-7-26(32-16)33-12-18(13-33)15-38(3,35)36)19-4-6-25(30)21(8-19)14-37-27-10-20-9-23-28(17(2)34)29(23)24(20)11-31-27;1-6-30-23(29)22-17-10-14-11-20(27-12-18(14)21(17)22)31-13-15-9-16(7-8-19(15)26)28-32-24(2,3)25(4,5)33-28;1-8-10(12)3-4-11(13-8)14-5-9(6-14)7-17(2,15)16/h4-8,10-11,18,23,28-29H,9,12-15H2,1-3H3;7-9,11-12,17,21-22H,6,10,13H2,1-5H3;3-4,9H,5-7H2,1-2H3/t23-,28-,29+;17-,21-,22+;/m01./s1. The average molecular weight is 1310 g/mol. The summed E-state index contributed by atoms with van der Waals surface area (Å²) >= 11 is 3.41. The number of Topliss-reactive ketones (excluding diaryl/α,β-unsaturated/α-hetero) is 1. The number of ketones is 1. The van der Waals surface area contributed by atoms with Gasteiger partial charge in [-0.05, 0) is 184 Å². The van der Waals surface area contributed by atoms with Gasteiger partial charge in [-0.2, -0.15) is 0 Å². The number of aromatic nitrogens is 4. The van der Waals surface area contributed by atoms with Gasteiger partial charge in [0.15, 0.2) is 0 Å². The van der Waals surface area contributed by atoms with Crippen LogP contribution in [0.2, 0.25) is 0 Å². The van der Waals surface area contributed by atoms with E-state index in [4.69, 9.17) is 28.9 Å². The zero-order valence-electron chi connectivity index (χ0n) is 51.1. The fourth-order valence-electron chi connectivity index (χ4n) is 12.8. The molecule has 0 amide bonds. The third-order valence-electron chi connectivity index (χ3n) is 18.1. The summed E-state index contributed by atoms with van der Waals surface area (Å²) in [4.78, 5) is 57.8. The van der Waals surface area contributed by atoms with Gasteiger partial charge < -0.3 is 24.0 Å². The first-order valence-electron chi connectivity index (χ1n) is 29.7. The van der Waals surface area contributed by atoms with Crippen molar-refractivity contribution in [3.8, 4) is 22.9 Å². The molecule has 13 rings (SSSR count). The Morgan fingerprint density at radius 1 is 0.670 bits per heavy atom. The Hall–Kier alpha value is -6.66. The van der Waals surface area contributed by atoms with Crippen LogP contribution in [-0.2, 0) is 69.7 Å². The number of carbonyl (C=O) groups excluding carboxylic acids is 2. The molecule has 0 radical (unpaired) electrons. The zero-order valence-corrected chi connectivity index (χ0v) is 54.3. The molecule has 0 unspecified atom stereocenters. The highest BCUT2D eigenvalue weighted by molar-refractivity contribution is 9.10. The Morgan fingerprint density at radius 2 is 1.16 bits per heavy atom. The molecule has 6 aromatic rings. The Kier molecular flexibility index (Phi) is 17.4. The van der Waals surface area contributed by atoms with Crippen LogP contribution in [0.5, 0.6) is 11.8 Å². The van der Waals surface area contributed by atoms with Gasteiger partial charge in [-0.1, -0.05) is 6.07 Å². The summed E-state index contributed by atoms with van der Waals surface area (Å²) < 4.78 is 92.3. The lowest BCUT2D eigenvalue weighted by atomic mass is 9.90. The van der Waals surface area contributed by atoms with Crippen molar-refractivity contribution in [3.63, 3.8) is 0 Å². The third-order valence-corrected chi connectivity index (χ3v) is 21.1. The van der Waals surface area contributed by atoms with Crippen LogP contribution in [0.3, 0.4) is 0 Å². The van der Waals surface area contributed by atoms with Gasteiger partial charge in [-0.15, -0.1) is 5.23 Å². The summed E-state index contributed by atoms with van der Waals surface area (Å²) in [5.41, 5.74) is 8.35. The van der Waals surface area contributed by atoms with Crippen molar-refractivity contribution in [2.24, 2.45) is 35.5 Å². The van der Waals surface area contributed by atoms with Crippen LogP contribution in [0.4, 0.5) is 26.1 Å². The summed E-state index contributed by atoms with van der Waals surface area (Å²) in [5, 5.41) is 1.34. The second-order valence-electron chi connectivity index (χ2n) is 25.5. The van der Waals surface area contributed by atoms with Crippen LogP contribution in [-0.4, -0.2) is 117 Å². The number of esters is 1. The van der Waals surface area contributed by atoms with E-state index < -0.39 is 30.9 Å². The van der Waals surface area contributed by atoms with Gasteiger partial charge in [0.25, 0.3) is 0 Å². The lowest BCUT2D eigenvalue weighted by molar-refractivity contribution is -0.145. The lowest BCUT2D eigenvalue weighted by Gasteiger charge is -2.40. The van der Waals surface area contributed by atoms with Crippen molar-refractivity contribution < 1.29 is 59.1 Å². The lowest BCUT2D eigenvalue weighted by Crippen LogP contribution is -2.49. The van der Waals surface area contributed by atoms with Crippen molar-refractivity contribution in [2.45, 2.75) is 104 Å². The van der Waals surface area contributed by atoms with Gasteiger partial charge >= 0.3 is 5.97 Å². The van der Waals surface area contributed by atoms with Crippen LogP contribution in [0.25, 0.3) is 11.1 Å². The number of rotatable bonds is 17.